The highest BCUT2D eigenvalue weighted by atomic mass is 16.3. The fourth-order valence-corrected chi connectivity index (χ4v) is 2.21. The van der Waals surface area contributed by atoms with Crippen LogP contribution >= 0.6 is 0 Å². The largest absolute Gasteiger partial charge is 0.519 e. The zero-order valence-electron chi connectivity index (χ0n) is 11.5. The van der Waals surface area contributed by atoms with Gasteiger partial charge in [0.2, 0.25) is 5.69 Å². The molecule has 2 aromatic carbocycles. The van der Waals surface area contributed by atoms with Gasteiger partial charge in [0, 0.05) is 11.8 Å². The Morgan fingerprint density at radius 2 is 1.90 bits per heavy atom. The summed E-state index contributed by atoms with van der Waals surface area (Å²) >= 11 is 0. The Hall–Kier alpha value is -3.06. The fourth-order valence-electron chi connectivity index (χ4n) is 2.21. The van der Waals surface area contributed by atoms with E-state index >= 15 is 0 Å². The molecule has 0 amide bonds. The summed E-state index contributed by atoms with van der Waals surface area (Å²) in [6, 6.07) is 13.4. The molecule has 1 heterocycles. The van der Waals surface area contributed by atoms with Crippen molar-refractivity contribution in [1.29, 1.82) is 0 Å². The SMILES string of the molecule is [C-]#[N+]c1cc(-c2cnn(-c3ccccc3)c2)cc(C)c1O. The first-order chi connectivity index (χ1) is 10.2. The fraction of sp³-hybridized carbons (Fsp3) is 0.0588. The number of nitrogens with zero attached hydrogens (tertiary/aromatic N) is 3. The lowest BCUT2D eigenvalue weighted by Gasteiger charge is -2.05. The van der Waals surface area contributed by atoms with Gasteiger partial charge in [-0.25, -0.2) is 9.53 Å². The van der Waals surface area contributed by atoms with E-state index in [2.05, 4.69) is 9.94 Å². The number of benzene rings is 2. The Kier molecular flexibility index (Phi) is 3.17. The van der Waals surface area contributed by atoms with E-state index in [-0.39, 0.29) is 11.4 Å². The smallest absolute Gasteiger partial charge is 0.228 e. The molecule has 0 aliphatic carbocycles. The molecule has 1 N–H and O–H groups in total. The van der Waals surface area contributed by atoms with Crippen molar-refractivity contribution in [3.05, 3.63) is 71.8 Å². The number of phenols is 1. The van der Waals surface area contributed by atoms with Gasteiger partial charge in [0.05, 0.1) is 18.5 Å². The minimum absolute atomic E-state index is 0.0456. The van der Waals surface area contributed by atoms with E-state index in [4.69, 9.17) is 6.57 Å². The maximum atomic E-state index is 9.82. The predicted molar refractivity (Wildman–Crippen MR) is 81.7 cm³/mol. The van der Waals surface area contributed by atoms with Gasteiger partial charge in [-0.2, -0.15) is 5.10 Å². The second-order valence-electron chi connectivity index (χ2n) is 4.78. The van der Waals surface area contributed by atoms with E-state index in [1.54, 1.807) is 23.9 Å². The van der Waals surface area contributed by atoms with Crippen molar-refractivity contribution in [2.75, 3.05) is 0 Å². The van der Waals surface area contributed by atoms with Crippen LogP contribution in [0.3, 0.4) is 0 Å². The zero-order valence-corrected chi connectivity index (χ0v) is 11.5. The third kappa shape index (κ3) is 2.37. The van der Waals surface area contributed by atoms with Crippen LogP contribution in [0.4, 0.5) is 5.69 Å². The Morgan fingerprint density at radius 3 is 2.62 bits per heavy atom. The highest BCUT2D eigenvalue weighted by Crippen LogP contribution is 2.35. The quantitative estimate of drug-likeness (QED) is 0.715. The monoisotopic (exact) mass is 275 g/mol. The Balaban J connectivity index is 2.05. The lowest BCUT2D eigenvalue weighted by Crippen LogP contribution is -1.92. The number of aromatic nitrogens is 2. The molecular weight excluding hydrogens is 262 g/mol. The first-order valence-electron chi connectivity index (χ1n) is 6.50. The number of hydrogen-bond acceptors (Lipinski definition) is 2. The van der Waals surface area contributed by atoms with Crippen molar-refractivity contribution >= 4 is 5.69 Å². The zero-order chi connectivity index (χ0) is 14.8. The Morgan fingerprint density at radius 1 is 1.14 bits per heavy atom. The molecule has 0 aliphatic heterocycles. The standard InChI is InChI=1S/C17H13N3O/c1-12-8-13(9-16(18-2)17(12)21)14-10-19-20(11-14)15-6-4-3-5-7-15/h3-11,21H,1H3. The molecule has 102 valence electrons. The summed E-state index contributed by atoms with van der Waals surface area (Å²) in [5, 5.41) is 14.2. The maximum Gasteiger partial charge on any atom is 0.228 e. The minimum atomic E-state index is 0.0456. The van der Waals surface area contributed by atoms with Gasteiger partial charge in [-0.3, -0.25) is 0 Å². The summed E-state index contributed by atoms with van der Waals surface area (Å²) in [6.07, 6.45) is 3.67. The molecule has 4 heteroatoms. The van der Waals surface area contributed by atoms with E-state index in [9.17, 15) is 5.11 Å². The van der Waals surface area contributed by atoms with Crippen LogP contribution in [0.25, 0.3) is 21.7 Å². The van der Waals surface area contributed by atoms with Gasteiger partial charge in [0.1, 0.15) is 5.75 Å². The number of aryl methyl sites for hydroxylation is 1. The van der Waals surface area contributed by atoms with Crippen LogP contribution < -0.4 is 0 Å². The molecule has 0 spiro atoms. The summed E-state index contributed by atoms with van der Waals surface area (Å²) in [4.78, 5) is 3.35. The van der Waals surface area contributed by atoms with Gasteiger partial charge >= 0.3 is 0 Å². The molecule has 3 rings (SSSR count). The average molecular weight is 275 g/mol. The van der Waals surface area contributed by atoms with E-state index in [1.165, 1.54) is 0 Å². The molecule has 0 bridgehead atoms. The third-order valence-electron chi connectivity index (χ3n) is 3.34. The van der Waals surface area contributed by atoms with Gasteiger partial charge in [0.15, 0.2) is 0 Å². The molecule has 0 aliphatic rings. The summed E-state index contributed by atoms with van der Waals surface area (Å²) in [5.41, 5.74) is 3.71. The highest BCUT2D eigenvalue weighted by Gasteiger charge is 2.10. The maximum absolute atomic E-state index is 9.82. The topological polar surface area (TPSA) is 42.4 Å². The number of rotatable bonds is 2. The molecule has 0 saturated heterocycles. The second-order valence-corrected chi connectivity index (χ2v) is 4.78. The molecule has 1 aromatic heterocycles. The second kappa shape index (κ2) is 5.14. The van der Waals surface area contributed by atoms with Crippen LogP contribution in [-0.4, -0.2) is 14.9 Å². The average Bonchev–Trinajstić information content (AvgIpc) is 3.00. The Bertz CT molecular complexity index is 829. The Labute approximate surface area is 122 Å². The first kappa shape index (κ1) is 12.9. The lowest BCUT2D eigenvalue weighted by atomic mass is 10.0. The van der Waals surface area contributed by atoms with E-state index in [0.717, 1.165) is 16.8 Å². The van der Waals surface area contributed by atoms with E-state index in [1.807, 2.05) is 42.6 Å². The van der Waals surface area contributed by atoms with Crippen LogP contribution in [0, 0.1) is 13.5 Å². The van der Waals surface area contributed by atoms with Gasteiger partial charge in [0.25, 0.3) is 0 Å². The van der Waals surface area contributed by atoms with Crippen molar-refractivity contribution in [1.82, 2.24) is 9.78 Å². The lowest BCUT2D eigenvalue weighted by molar-refractivity contribution is 0.474. The minimum Gasteiger partial charge on any atom is -0.519 e. The molecule has 0 saturated carbocycles. The van der Waals surface area contributed by atoms with Gasteiger partial charge in [-0.1, -0.05) is 24.3 Å². The summed E-state index contributed by atoms with van der Waals surface area (Å²) in [7, 11) is 0. The van der Waals surface area contributed by atoms with E-state index in [0.29, 0.717) is 5.56 Å². The van der Waals surface area contributed by atoms with Crippen molar-refractivity contribution in [3.8, 4) is 22.6 Å². The number of aromatic hydroxyl groups is 1. The van der Waals surface area contributed by atoms with Crippen molar-refractivity contribution in [2.45, 2.75) is 6.92 Å². The van der Waals surface area contributed by atoms with Gasteiger partial charge in [-0.15, -0.1) is 0 Å². The van der Waals surface area contributed by atoms with Crippen LogP contribution in [-0.2, 0) is 0 Å². The number of hydrogen-bond donors (Lipinski definition) is 1. The van der Waals surface area contributed by atoms with Crippen molar-refractivity contribution < 1.29 is 5.11 Å². The van der Waals surface area contributed by atoms with Gasteiger partial charge < -0.3 is 5.11 Å². The number of para-hydroxylation sites is 1. The molecule has 21 heavy (non-hydrogen) atoms. The van der Waals surface area contributed by atoms with Gasteiger partial charge in [-0.05, 0) is 36.2 Å². The highest BCUT2D eigenvalue weighted by molar-refractivity contribution is 5.73. The third-order valence-corrected chi connectivity index (χ3v) is 3.34. The van der Waals surface area contributed by atoms with Crippen LogP contribution in [0.1, 0.15) is 5.56 Å². The van der Waals surface area contributed by atoms with Crippen molar-refractivity contribution in [2.24, 2.45) is 0 Å². The molecule has 0 fully saturated rings. The molecular formula is C17H13N3O. The van der Waals surface area contributed by atoms with Crippen LogP contribution in [0.2, 0.25) is 0 Å². The predicted octanol–water partition coefficient (Wildman–Crippen LogP) is 4.10. The first-order valence-corrected chi connectivity index (χ1v) is 6.50. The summed E-state index contributed by atoms with van der Waals surface area (Å²) < 4.78 is 1.79. The van der Waals surface area contributed by atoms with Crippen LogP contribution in [0.5, 0.6) is 5.75 Å². The molecule has 0 atom stereocenters. The summed E-state index contributed by atoms with van der Waals surface area (Å²) in [5.74, 6) is 0.0456. The van der Waals surface area contributed by atoms with Crippen LogP contribution in [0.15, 0.2) is 54.9 Å². The summed E-state index contributed by atoms with van der Waals surface area (Å²) in [6.45, 7) is 8.91. The van der Waals surface area contributed by atoms with E-state index < -0.39 is 0 Å². The normalized spacial score (nSPS) is 10.3. The van der Waals surface area contributed by atoms with Crippen molar-refractivity contribution in [3.63, 3.8) is 0 Å². The number of phenolic OH excluding ortho intramolecular Hbond substituents is 1. The molecule has 0 radical (unpaired) electrons. The molecule has 4 nitrogen and oxygen atoms in total. The molecule has 0 unspecified atom stereocenters. The molecule has 3 aromatic rings.